The van der Waals surface area contributed by atoms with Crippen LogP contribution < -0.4 is 5.32 Å². The quantitative estimate of drug-likeness (QED) is 0.910. The highest BCUT2D eigenvalue weighted by Gasteiger charge is 2.35. The van der Waals surface area contributed by atoms with Crippen molar-refractivity contribution in [3.05, 3.63) is 23.5 Å². The summed E-state index contributed by atoms with van der Waals surface area (Å²) in [6.07, 6.45) is 4.13. The van der Waals surface area contributed by atoms with Crippen LogP contribution in [0.4, 0.5) is 0 Å². The number of amides is 1. The molecule has 0 aromatic carbocycles. The second-order valence-corrected chi connectivity index (χ2v) is 6.49. The number of nitrogens with one attached hydrogen (secondary N) is 1. The summed E-state index contributed by atoms with van der Waals surface area (Å²) in [5, 5.41) is 3.16. The first-order chi connectivity index (χ1) is 9.79. The number of carbonyl (C=O) groups excluding carboxylic acids is 1. The van der Waals surface area contributed by atoms with Crippen LogP contribution in [0.5, 0.6) is 0 Å². The highest BCUT2D eigenvalue weighted by atomic mass is 32.1. The van der Waals surface area contributed by atoms with Crippen LogP contribution >= 0.6 is 11.3 Å². The monoisotopic (exact) mass is 288 g/mol. The van der Waals surface area contributed by atoms with Crippen LogP contribution in [0, 0.1) is 5.92 Å². The summed E-state index contributed by atoms with van der Waals surface area (Å²) in [6, 6.07) is 2.06. The molecule has 20 heavy (non-hydrogen) atoms. The van der Waals surface area contributed by atoms with E-state index in [1.807, 2.05) is 0 Å². The van der Waals surface area contributed by atoms with Crippen LogP contribution in [-0.2, 0) is 0 Å². The number of rotatable bonds is 2. The van der Waals surface area contributed by atoms with Crippen molar-refractivity contribution in [3.8, 4) is 0 Å². The molecule has 2 aromatic rings. The molecule has 6 heteroatoms. The average molecular weight is 288 g/mol. The van der Waals surface area contributed by atoms with E-state index in [9.17, 15) is 4.79 Å². The van der Waals surface area contributed by atoms with Crippen molar-refractivity contribution < 1.29 is 4.79 Å². The number of pyridine rings is 1. The molecule has 5 rings (SSSR count). The number of hydrogen-bond donors (Lipinski definition) is 1. The molecule has 1 N–H and O–H groups in total. The smallest absolute Gasteiger partial charge is 0.270 e. The van der Waals surface area contributed by atoms with Gasteiger partial charge in [0.25, 0.3) is 5.91 Å². The summed E-state index contributed by atoms with van der Waals surface area (Å²) in [5.74, 6) is 0.561. The number of fused-ring (bicyclic) bond motifs is 4. The Morgan fingerprint density at radius 2 is 2.20 bits per heavy atom. The maximum Gasteiger partial charge on any atom is 0.270 e. The molecule has 1 atom stereocenters. The lowest BCUT2D eigenvalue weighted by Gasteiger charge is -2.44. The SMILES string of the molecule is O=C(N[C@H]1CN2CCC1CC2)c1cc2ncsc2cn1. The zero-order valence-corrected chi connectivity index (χ0v) is 11.9. The molecule has 1 amide bonds. The Labute approximate surface area is 121 Å². The summed E-state index contributed by atoms with van der Waals surface area (Å²) in [4.78, 5) is 23.3. The van der Waals surface area contributed by atoms with Crippen LogP contribution in [0.25, 0.3) is 10.2 Å². The zero-order valence-electron chi connectivity index (χ0n) is 11.1. The van der Waals surface area contributed by atoms with Crippen molar-refractivity contribution in [2.24, 2.45) is 5.92 Å². The Kier molecular flexibility index (Phi) is 2.93. The molecule has 5 heterocycles. The molecule has 0 radical (unpaired) electrons. The number of piperidine rings is 3. The van der Waals surface area contributed by atoms with E-state index in [1.54, 1.807) is 29.1 Å². The Morgan fingerprint density at radius 3 is 2.95 bits per heavy atom. The maximum absolute atomic E-state index is 12.3. The first-order valence-corrected chi connectivity index (χ1v) is 7.90. The number of nitrogens with zero attached hydrogens (tertiary/aromatic N) is 3. The summed E-state index contributed by atoms with van der Waals surface area (Å²) in [6.45, 7) is 3.34. The van der Waals surface area contributed by atoms with E-state index in [1.165, 1.54) is 25.9 Å². The first-order valence-electron chi connectivity index (χ1n) is 7.02. The molecule has 104 valence electrons. The maximum atomic E-state index is 12.3. The van der Waals surface area contributed by atoms with E-state index >= 15 is 0 Å². The number of carbonyl (C=O) groups is 1. The van der Waals surface area contributed by atoms with Gasteiger partial charge in [0.1, 0.15) is 5.69 Å². The van der Waals surface area contributed by atoms with Gasteiger partial charge in [0.15, 0.2) is 0 Å². The van der Waals surface area contributed by atoms with Gasteiger partial charge in [-0.1, -0.05) is 0 Å². The van der Waals surface area contributed by atoms with Crippen molar-refractivity contribution in [2.75, 3.05) is 19.6 Å². The van der Waals surface area contributed by atoms with Gasteiger partial charge in [0.05, 0.1) is 15.7 Å². The van der Waals surface area contributed by atoms with Crippen LogP contribution in [-0.4, -0.2) is 46.5 Å². The van der Waals surface area contributed by atoms with Crippen molar-refractivity contribution in [1.29, 1.82) is 0 Å². The zero-order chi connectivity index (χ0) is 13.5. The van der Waals surface area contributed by atoms with Crippen molar-refractivity contribution in [3.63, 3.8) is 0 Å². The van der Waals surface area contributed by atoms with Crippen molar-refractivity contribution in [2.45, 2.75) is 18.9 Å². The lowest BCUT2D eigenvalue weighted by Crippen LogP contribution is -2.57. The van der Waals surface area contributed by atoms with E-state index in [0.29, 0.717) is 11.6 Å². The average Bonchev–Trinajstić information content (AvgIpc) is 2.96. The Balaban J connectivity index is 1.52. The predicted octanol–water partition coefficient (Wildman–Crippen LogP) is 1.52. The van der Waals surface area contributed by atoms with Gasteiger partial charge in [-0.05, 0) is 37.9 Å². The number of hydrogen-bond acceptors (Lipinski definition) is 5. The van der Waals surface area contributed by atoms with E-state index in [0.717, 1.165) is 16.8 Å². The first kappa shape index (κ1) is 12.2. The lowest BCUT2D eigenvalue weighted by atomic mass is 9.84. The third kappa shape index (κ3) is 2.09. The predicted molar refractivity (Wildman–Crippen MR) is 77.8 cm³/mol. The fraction of sp³-hybridized carbons (Fsp3) is 0.500. The minimum Gasteiger partial charge on any atom is -0.346 e. The Morgan fingerprint density at radius 1 is 1.35 bits per heavy atom. The molecule has 0 spiro atoms. The van der Waals surface area contributed by atoms with Gasteiger partial charge in [-0.3, -0.25) is 4.79 Å². The third-order valence-corrected chi connectivity index (χ3v) is 5.20. The topological polar surface area (TPSA) is 58.1 Å². The van der Waals surface area contributed by atoms with Crippen LogP contribution in [0.3, 0.4) is 0 Å². The van der Waals surface area contributed by atoms with Gasteiger partial charge >= 0.3 is 0 Å². The van der Waals surface area contributed by atoms with Crippen LogP contribution in [0.2, 0.25) is 0 Å². The molecule has 5 nitrogen and oxygen atoms in total. The van der Waals surface area contributed by atoms with Gasteiger partial charge in [0, 0.05) is 18.8 Å². The standard InChI is InChI=1S/C14H16N4OS/c19-14(11-5-10-13(6-15-11)20-8-16-10)17-12-7-18-3-1-9(12)2-4-18/h5-6,8-9,12H,1-4,7H2,(H,17,19)/t12-/m0/s1. The van der Waals surface area contributed by atoms with E-state index < -0.39 is 0 Å². The second kappa shape index (κ2) is 4.79. The number of aromatic nitrogens is 2. The normalized spacial score (nSPS) is 28.7. The molecule has 2 bridgehead atoms. The van der Waals surface area contributed by atoms with Gasteiger partial charge in [-0.2, -0.15) is 0 Å². The van der Waals surface area contributed by atoms with E-state index in [2.05, 4.69) is 20.2 Å². The molecule has 2 aromatic heterocycles. The molecule has 0 aliphatic carbocycles. The summed E-state index contributed by atoms with van der Waals surface area (Å²) in [7, 11) is 0. The van der Waals surface area contributed by atoms with Gasteiger partial charge < -0.3 is 10.2 Å². The van der Waals surface area contributed by atoms with Crippen molar-refractivity contribution in [1.82, 2.24) is 20.2 Å². The number of thiazole rings is 1. The highest BCUT2D eigenvalue weighted by Crippen LogP contribution is 2.27. The highest BCUT2D eigenvalue weighted by molar-refractivity contribution is 7.16. The lowest BCUT2D eigenvalue weighted by molar-refractivity contribution is 0.0618. The van der Waals surface area contributed by atoms with Crippen LogP contribution in [0.15, 0.2) is 17.8 Å². The molecule has 3 fully saturated rings. The summed E-state index contributed by atoms with van der Waals surface area (Å²) >= 11 is 1.54. The van der Waals surface area contributed by atoms with Gasteiger partial charge in [0.2, 0.25) is 0 Å². The molecular weight excluding hydrogens is 272 g/mol. The Hall–Kier alpha value is -1.53. The van der Waals surface area contributed by atoms with E-state index in [4.69, 9.17) is 0 Å². The van der Waals surface area contributed by atoms with E-state index in [-0.39, 0.29) is 11.9 Å². The fourth-order valence-electron chi connectivity index (χ4n) is 3.26. The fourth-order valence-corrected chi connectivity index (χ4v) is 3.88. The summed E-state index contributed by atoms with van der Waals surface area (Å²) in [5.41, 5.74) is 3.10. The molecule has 3 saturated heterocycles. The molecule has 3 aliphatic rings. The van der Waals surface area contributed by atoms with Gasteiger partial charge in [-0.15, -0.1) is 11.3 Å². The minimum atomic E-state index is -0.0707. The molecule has 0 unspecified atom stereocenters. The van der Waals surface area contributed by atoms with Crippen molar-refractivity contribution >= 4 is 27.5 Å². The van der Waals surface area contributed by atoms with Crippen LogP contribution in [0.1, 0.15) is 23.3 Å². The molecule has 3 aliphatic heterocycles. The third-order valence-electron chi connectivity index (χ3n) is 4.42. The molecule has 0 saturated carbocycles. The largest absolute Gasteiger partial charge is 0.346 e. The minimum absolute atomic E-state index is 0.0707. The molecular formula is C14H16N4OS. The summed E-state index contributed by atoms with van der Waals surface area (Å²) < 4.78 is 1.02. The Bertz CT molecular complexity index is 647. The van der Waals surface area contributed by atoms with Gasteiger partial charge in [-0.25, -0.2) is 9.97 Å². The second-order valence-electron chi connectivity index (χ2n) is 5.61.